The molecule has 2 aromatic rings. The van der Waals surface area contributed by atoms with Crippen molar-refractivity contribution in [2.75, 3.05) is 24.2 Å². The van der Waals surface area contributed by atoms with Crippen molar-refractivity contribution in [3.63, 3.8) is 0 Å². The normalized spacial score (nSPS) is 10.4. The lowest BCUT2D eigenvalue weighted by Gasteiger charge is -2.06. The van der Waals surface area contributed by atoms with Crippen LogP contribution in [0.2, 0.25) is 0 Å². The quantitative estimate of drug-likeness (QED) is 0.552. The number of nitrogens with one attached hydrogen (secondary N) is 2. The number of hydrogen-bond donors (Lipinski definition) is 3. The largest absolute Gasteiger partial charge is 0.466 e. The van der Waals surface area contributed by atoms with E-state index in [4.69, 9.17) is 10.5 Å². The number of rotatable bonds is 5. The van der Waals surface area contributed by atoms with E-state index in [-0.39, 0.29) is 17.9 Å². The van der Waals surface area contributed by atoms with E-state index >= 15 is 0 Å². The minimum Gasteiger partial charge on any atom is -0.466 e. The van der Waals surface area contributed by atoms with E-state index in [1.807, 2.05) is 0 Å². The van der Waals surface area contributed by atoms with Crippen LogP contribution in [0.4, 0.5) is 11.6 Å². The van der Waals surface area contributed by atoms with Crippen LogP contribution in [0.1, 0.15) is 13.3 Å². The number of carbonyl (C=O) groups is 1. The molecule has 0 unspecified atom stereocenters. The molecule has 106 valence electrons. The molecule has 7 heteroatoms. The van der Waals surface area contributed by atoms with Gasteiger partial charge in [-0.15, -0.1) is 0 Å². The van der Waals surface area contributed by atoms with E-state index < -0.39 is 0 Å². The number of hydrogen-bond acceptors (Lipinski definition) is 6. The van der Waals surface area contributed by atoms with Crippen LogP contribution in [0, 0.1) is 0 Å². The Balaban J connectivity index is 2.10. The van der Waals surface area contributed by atoms with Gasteiger partial charge in [-0.3, -0.25) is 14.6 Å². The number of nitrogens with two attached hydrogens (primary N) is 1. The summed E-state index contributed by atoms with van der Waals surface area (Å²) in [5.41, 5.74) is 6.40. The van der Waals surface area contributed by atoms with Crippen molar-refractivity contribution in [1.29, 1.82) is 0 Å². The summed E-state index contributed by atoms with van der Waals surface area (Å²) < 4.78 is 4.80. The van der Waals surface area contributed by atoms with Crippen molar-refractivity contribution in [2.24, 2.45) is 0 Å². The van der Waals surface area contributed by atoms with Crippen LogP contribution in [0.15, 0.2) is 23.0 Å². The molecule has 2 rings (SSSR count). The number of aromatic amines is 1. The molecule has 20 heavy (non-hydrogen) atoms. The molecule has 1 aromatic carbocycles. The molecule has 0 aliphatic carbocycles. The zero-order valence-corrected chi connectivity index (χ0v) is 11.1. The minimum absolute atomic E-state index is 0.206. The number of carbonyl (C=O) groups excluding carboxylic acids is 1. The molecule has 0 fully saturated rings. The second-order valence-corrected chi connectivity index (χ2v) is 4.17. The van der Waals surface area contributed by atoms with E-state index in [2.05, 4.69) is 15.3 Å². The fraction of sp³-hybridized carbons (Fsp3) is 0.308. The average Bonchev–Trinajstić information content (AvgIpc) is 2.40. The summed E-state index contributed by atoms with van der Waals surface area (Å²) in [7, 11) is 0. The highest BCUT2D eigenvalue weighted by Crippen LogP contribution is 2.12. The van der Waals surface area contributed by atoms with Gasteiger partial charge >= 0.3 is 5.97 Å². The molecule has 1 aromatic heterocycles. The van der Waals surface area contributed by atoms with Crippen LogP contribution in [-0.2, 0) is 9.53 Å². The van der Waals surface area contributed by atoms with Crippen molar-refractivity contribution in [1.82, 2.24) is 9.97 Å². The number of nitrogen functional groups attached to an aromatic ring is 1. The third-order valence-electron chi connectivity index (χ3n) is 2.66. The van der Waals surface area contributed by atoms with Crippen LogP contribution >= 0.6 is 0 Å². The summed E-state index contributed by atoms with van der Waals surface area (Å²) in [6, 6.07) is 4.93. The molecule has 0 spiro atoms. The van der Waals surface area contributed by atoms with Gasteiger partial charge in [0.2, 0.25) is 5.95 Å². The SMILES string of the molecule is CCOC(=O)CCNc1nc2ccc(N)cc2c(=O)[nH]1. The standard InChI is InChI=1S/C13H16N4O3/c1-2-20-11(18)5-6-15-13-16-10-4-3-8(14)7-9(10)12(19)17-13/h3-4,7H,2,5-6,14H2,1H3,(H2,15,16,17,19). The predicted molar refractivity (Wildman–Crippen MR) is 76.5 cm³/mol. The molecule has 0 saturated carbocycles. The number of H-pyrrole nitrogens is 1. The van der Waals surface area contributed by atoms with Crippen LogP contribution in [-0.4, -0.2) is 29.1 Å². The van der Waals surface area contributed by atoms with Crippen molar-refractivity contribution in [3.8, 4) is 0 Å². The van der Waals surface area contributed by atoms with Crippen molar-refractivity contribution >= 4 is 28.5 Å². The Morgan fingerprint density at radius 2 is 2.30 bits per heavy atom. The van der Waals surface area contributed by atoms with Crippen LogP contribution in [0.3, 0.4) is 0 Å². The van der Waals surface area contributed by atoms with E-state index in [0.717, 1.165) is 0 Å². The Morgan fingerprint density at radius 3 is 3.05 bits per heavy atom. The number of aromatic nitrogens is 2. The van der Waals surface area contributed by atoms with Gasteiger partial charge in [-0.1, -0.05) is 0 Å². The highest BCUT2D eigenvalue weighted by Gasteiger charge is 2.05. The first kappa shape index (κ1) is 13.9. The lowest BCUT2D eigenvalue weighted by atomic mass is 10.2. The van der Waals surface area contributed by atoms with Gasteiger partial charge < -0.3 is 15.8 Å². The molecule has 0 aliphatic heterocycles. The zero-order chi connectivity index (χ0) is 14.5. The molecule has 4 N–H and O–H groups in total. The van der Waals surface area contributed by atoms with Gasteiger partial charge in [0.05, 0.1) is 23.9 Å². The first-order valence-electron chi connectivity index (χ1n) is 6.29. The van der Waals surface area contributed by atoms with Gasteiger partial charge in [0.15, 0.2) is 0 Å². The van der Waals surface area contributed by atoms with Crippen molar-refractivity contribution < 1.29 is 9.53 Å². The highest BCUT2D eigenvalue weighted by molar-refractivity contribution is 5.81. The fourth-order valence-electron chi connectivity index (χ4n) is 1.76. The van der Waals surface area contributed by atoms with E-state index in [9.17, 15) is 9.59 Å². The summed E-state index contributed by atoms with van der Waals surface area (Å²) in [6.07, 6.45) is 0.206. The lowest BCUT2D eigenvalue weighted by molar-refractivity contribution is -0.142. The van der Waals surface area contributed by atoms with Crippen LogP contribution in [0.5, 0.6) is 0 Å². The maximum Gasteiger partial charge on any atom is 0.307 e. The predicted octanol–water partition coefficient (Wildman–Crippen LogP) is 0.870. The third-order valence-corrected chi connectivity index (χ3v) is 2.66. The Bertz CT molecular complexity index is 681. The monoisotopic (exact) mass is 276 g/mol. The summed E-state index contributed by atoms with van der Waals surface area (Å²) in [6.45, 7) is 2.44. The Hall–Kier alpha value is -2.57. The molecular formula is C13H16N4O3. The molecule has 7 nitrogen and oxygen atoms in total. The molecule has 0 radical (unpaired) electrons. The first-order chi connectivity index (χ1) is 9.60. The van der Waals surface area contributed by atoms with Crippen LogP contribution < -0.4 is 16.6 Å². The van der Waals surface area contributed by atoms with Gasteiger partial charge in [0.25, 0.3) is 5.56 Å². The zero-order valence-electron chi connectivity index (χ0n) is 11.1. The maximum absolute atomic E-state index is 11.9. The number of nitrogens with zero attached hydrogens (tertiary/aromatic N) is 1. The number of ether oxygens (including phenoxy) is 1. The second-order valence-electron chi connectivity index (χ2n) is 4.17. The van der Waals surface area contributed by atoms with Gasteiger partial charge in [0, 0.05) is 12.2 Å². The summed E-state index contributed by atoms with van der Waals surface area (Å²) in [4.78, 5) is 29.9. The average molecular weight is 276 g/mol. The van der Waals surface area contributed by atoms with Gasteiger partial charge in [-0.05, 0) is 25.1 Å². The lowest BCUT2D eigenvalue weighted by Crippen LogP contribution is -2.16. The first-order valence-corrected chi connectivity index (χ1v) is 6.29. The maximum atomic E-state index is 11.9. The molecule has 0 saturated heterocycles. The minimum atomic E-state index is -0.295. The van der Waals surface area contributed by atoms with E-state index in [1.165, 1.54) is 0 Å². The van der Waals surface area contributed by atoms with E-state index in [1.54, 1.807) is 25.1 Å². The fourth-order valence-corrected chi connectivity index (χ4v) is 1.76. The number of esters is 1. The Morgan fingerprint density at radius 1 is 1.50 bits per heavy atom. The Kier molecular flexibility index (Phi) is 4.19. The molecule has 1 heterocycles. The smallest absolute Gasteiger partial charge is 0.307 e. The topological polar surface area (TPSA) is 110 Å². The molecule has 0 amide bonds. The van der Waals surface area contributed by atoms with Crippen molar-refractivity contribution in [2.45, 2.75) is 13.3 Å². The molecule has 0 aliphatic rings. The second kappa shape index (κ2) is 6.05. The van der Waals surface area contributed by atoms with Gasteiger partial charge in [0.1, 0.15) is 0 Å². The molecular weight excluding hydrogens is 260 g/mol. The summed E-state index contributed by atoms with van der Waals surface area (Å²) in [5, 5.41) is 3.31. The summed E-state index contributed by atoms with van der Waals surface area (Å²) in [5.74, 6) is 0.0208. The number of anilines is 2. The summed E-state index contributed by atoms with van der Waals surface area (Å²) >= 11 is 0. The third kappa shape index (κ3) is 3.25. The van der Waals surface area contributed by atoms with Gasteiger partial charge in [-0.25, -0.2) is 4.98 Å². The number of benzene rings is 1. The molecule has 0 bridgehead atoms. The highest BCUT2D eigenvalue weighted by atomic mass is 16.5. The van der Waals surface area contributed by atoms with Crippen molar-refractivity contribution in [3.05, 3.63) is 28.6 Å². The Labute approximate surface area is 115 Å². The molecule has 0 atom stereocenters. The van der Waals surface area contributed by atoms with Gasteiger partial charge in [-0.2, -0.15) is 0 Å². The van der Waals surface area contributed by atoms with Crippen LogP contribution in [0.25, 0.3) is 10.9 Å². The number of fused-ring (bicyclic) bond motifs is 1. The van der Waals surface area contributed by atoms with E-state index in [0.29, 0.717) is 35.7 Å².